The fourth-order valence-electron chi connectivity index (χ4n) is 1.17. The summed E-state index contributed by atoms with van der Waals surface area (Å²) in [5.74, 6) is -8.71. The van der Waals surface area contributed by atoms with Gasteiger partial charge in [-0.05, 0) is 0 Å². The molecule has 0 aliphatic carbocycles. The number of rotatable bonds is 4. The molecule has 0 aromatic heterocycles. The summed E-state index contributed by atoms with van der Waals surface area (Å²) in [5, 5.41) is 8.48. The molecule has 0 aliphatic rings. The van der Waals surface area contributed by atoms with Gasteiger partial charge in [0.1, 0.15) is 0 Å². The maximum atomic E-state index is 13.3. The first-order valence-electron chi connectivity index (χ1n) is 4.68. The minimum atomic E-state index is -6.84. The van der Waals surface area contributed by atoms with Crippen LogP contribution in [0.3, 0.4) is 0 Å². The second kappa shape index (κ2) is 5.50. The number of hydrogen-bond donors (Lipinski definition) is 1. The number of aliphatic hydroxyl groups is 1. The zero-order valence-corrected chi connectivity index (χ0v) is 9.70. The van der Waals surface area contributed by atoms with E-state index < -0.39 is 42.4 Å². The van der Waals surface area contributed by atoms with Crippen molar-refractivity contribution >= 4 is 5.97 Å². The average molecular weight is 340 g/mol. The van der Waals surface area contributed by atoms with Gasteiger partial charge in [-0.25, -0.2) is 8.78 Å². The predicted molar refractivity (Wildman–Crippen MR) is 43.6 cm³/mol. The van der Waals surface area contributed by atoms with Gasteiger partial charge in [0.2, 0.25) is 0 Å². The summed E-state index contributed by atoms with van der Waals surface area (Å²) in [7, 11) is 0. The molecule has 2 atom stereocenters. The van der Waals surface area contributed by atoms with Crippen LogP contribution in [0.5, 0.6) is 0 Å². The topological polar surface area (TPSA) is 46.5 Å². The van der Waals surface area contributed by atoms with Crippen LogP contribution in [0.1, 0.15) is 6.92 Å². The van der Waals surface area contributed by atoms with Gasteiger partial charge in [-0.1, -0.05) is 0 Å². The molecular weight excluding hydrogens is 334 g/mol. The lowest BCUT2D eigenvalue weighted by molar-refractivity contribution is -0.401. The minimum absolute atomic E-state index is 0.129. The number of halogens is 10. The van der Waals surface area contributed by atoms with E-state index in [0.717, 1.165) is 0 Å². The zero-order chi connectivity index (χ0) is 17.4. The molecular formula is C8H6F10O3. The Morgan fingerprint density at radius 2 is 1.38 bits per heavy atom. The Bertz CT molecular complexity index is 387. The molecule has 0 aromatic carbocycles. The molecule has 0 aromatic rings. The largest absolute Gasteiger partial charge is 0.446 e. The SMILES string of the molecule is CC(=O)OC(C(F)(F)F)C(F)(F)C(O)(C(F)F)C(F)(F)F. The van der Waals surface area contributed by atoms with Crippen molar-refractivity contribution in [3.8, 4) is 0 Å². The second-order valence-corrected chi connectivity index (χ2v) is 3.72. The van der Waals surface area contributed by atoms with Crippen LogP contribution in [0.15, 0.2) is 0 Å². The highest BCUT2D eigenvalue weighted by Crippen LogP contribution is 2.51. The third-order valence-corrected chi connectivity index (χ3v) is 2.17. The predicted octanol–water partition coefficient (Wildman–Crippen LogP) is 2.67. The molecule has 0 amide bonds. The maximum Gasteiger partial charge on any atom is 0.431 e. The molecule has 0 fully saturated rings. The number of esters is 1. The molecule has 0 bridgehead atoms. The van der Waals surface area contributed by atoms with Crippen molar-refractivity contribution in [1.82, 2.24) is 0 Å². The molecule has 0 radical (unpaired) electrons. The Morgan fingerprint density at radius 1 is 1.00 bits per heavy atom. The van der Waals surface area contributed by atoms with Crippen LogP contribution in [0.2, 0.25) is 0 Å². The van der Waals surface area contributed by atoms with Gasteiger partial charge in [-0.15, -0.1) is 0 Å². The molecule has 126 valence electrons. The van der Waals surface area contributed by atoms with E-state index in [1.807, 2.05) is 0 Å². The molecule has 13 heteroatoms. The van der Waals surface area contributed by atoms with Crippen LogP contribution >= 0.6 is 0 Å². The molecule has 0 aliphatic heterocycles. The minimum Gasteiger partial charge on any atom is -0.446 e. The van der Waals surface area contributed by atoms with E-state index in [-0.39, 0.29) is 6.92 Å². The number of alkyl halides is 10. The van der Waals surface area contributed by atoms with E-state index in [4.69, 9.17) is 5.11 Å². The van der Waals surface area contributed by atoms with E-state index in [0.29, 0.717) is 0 Å². The Hall–Kier alpha value is -1.27. The molecule has 0 spiro atoms. The van der Waals surface area contributed by atoms with Crippen molar-refractivity contribution in [1.29, 1.82) is 0 Å². The van der Waals surface area contributed by atoms with E-state index in [1.165, 1.54) is 0 Å². The van der Waals surface area contributed by atoms with Gasteiger partial charge >= 0.3 is 24.2 Å². The Morgan fingerprint density at radius 3 is 1.57 bits per heavy atom. The van der Waals surface area contributed by atoms with Crippen molar-refractivity contribution in [2.75, 3.05) is 0 Å². The van der Waals surface area contributed by atoms with Gasteiger partial charge in [-0.3, -0.25) is 4.79 Å². The van der Waals surface area contributed by atoms with Gasteiger partial charge in [-0.2, -0.15) is 35.1 Å². The standard InChI is InChI=1S/C8H6F10O3/c1-2(19)21-3(7(13,14)15)6(11,12)5(20,4(9)10)8(16,17)18/h3-4,20H,1H3. The highest BCUT2D eigenvalue weighted by Gasteiger charge is 2.81. The fourth-order valence-corrected chi connectivity index (χ4v) is 1.17. The normalized spacial score (nSPS) is 18.3. The third kappa shape index (κ3) is 3.49. The second-order valence-electron chi connectivity index (χ2n) is 3.72. The lowest BCUT2D eigenvalue weighted by atomic mass is 9.90. The zero-order valence-electron chi connectivity index (χ0n) is 9.70. The van der Waals surface area contributed by atoms with Crippen LogP contribution < -0.4 is 0 Å². The lowest BCUT2D eigenvalue weighted by Crippen LogP contribution is -2.70. The Labute approximate surface area is 109 Å². The van der Waals surface area contributed by atoms with E-state index in [2.05, 4.69) is 4.74 Å². The smallest absolute Gasteiger partial charge is 0.431 e. The highest BCUT2D eigenvalue weighted by molar-refractivity contribution is 5.66. The Kier molecular flexibility index (Phi) is 5.16. The van der Waals surface area contributed by atoms with E-state index in [1.54, 1.807) is 0 Å². The summed E-state index contributed by atoms with van der Waals surface area (Å²) < 4.78 is 127. The maximum absolute atomic E-state index is 13.3. The molecule has 0 rings (SSSR count). The molecule has 0 saturated carbocycles. The third-order valence-electron chi connectivity index (χ3n) is 2.17. The van der Waals surface area contributed by atoms with Crippen LogP contribution in [0.4, 0.5) is 43.9 Å². The van der Waals surface area contributed by atoms with E-state index >= 15 is 0 Å². The number of carbonyl (C=O) groups excluding carboxylic acids is 1. The molecule has 0 saturated heterocycles. The average Bonchev–Trinajstić information content (AvgIpc) is 2.20. The van der Waals surface area contributed by atoms with Crippen LogP contribution in [-0.2, 0) is 9.53 Å². The first-order chi connectivity index (χ1) is 8.99. The van der Waals surface area contributed by atoms with Crippen molar-refractivity contribution in [2.24, 2.45) is 0 Å². The summed E-state index contributed by atoms with van der Waals surface area (Å²) >= 11 is 0. The van der Waals surface area contributed by atoms with Crippen molar-refractivity contribution in [3.05, 3.63) is 0 Å². The summed E-state index contributed by atoms with van der Waals surface area (Å²) in [6.07, 6.45) is -23.4. The molecule has 21 heavy (non-hydrogen) atoms. The quantitative estimate of drug-likeness (QED) is 0.632. The monoisotopic (exact) mass is 340 g/mol. The van der Waals surface area contributed by atoms with Crippen LogP contribution in [0.25, 0.3) is 0 Å². The highest BCUT2D eigenvalue weighted by atomic mass is 19.4. The van der Waals surface area contributed by atoms with Gasteiger partial charge in [0.15, 0.2) is 0 Å². The molecule has 3 nitrogen and oxygen atoms in total. The van der Waals surface area contributed by atoms with E-state index in [9.17, 15) is 48.7 Å². The van der Waals surface area contributed by atoms with Crippen molar-refractivity contribution in [2.45, 2.75) is 43.3 Å². The van der Waals surface area contributed by atoms with Crippen molar-refractivity contribution < 1.29 is 58.5 Å². The first kappa shape index (κ1) is 19.7. The first-order valence-corrected chi connectivity index (χ1v) is 4.68. The number of carbonyl (C=O) groups is 1. The van der Waals surface area contributed by atoms with Crippen molar-refractivity contribution in [3.63, 3.8) is 0 Å². The van der Waals surface area contributed by atoms with Crippen LogP contribution in [0, 0.1) is 0 Å². The summed E-state index contributed by atoms with van der Waals surface area (Å²) in [5.41, 5.74) is -6.37. The van der Waals surface area contributed by atoms with Gasteiger partial charge < -0.3 is 9.84 Å². The Balaban J connectivity index is 6.12. The molecule has 1 N–H and O–H groups in total. The molecule has 0 heterocycles. The van der Waals surface area contributed by atoms with Crippen LogP contribution in [-0.4, -0.2) is 47.5 Å². The van der Waals surface area contributed by atoms with Gasteiger partial charge in [0, 0.05) is 6.92 Å². The number of hydrogen-bond acceptors (Lipinski definition) is 3. The lowest BCUT2D eigenvalue weighted by Gasteiger charge is -2.39. The van der Waals surface area contributed by atoms with Gasteiger partial charge in [0.05, 0.1) is 0 Å². The summed E-state index contributed by atoms with van der Waals surface area (Å²) in [4.78, 5) is 10.3. The summed E-state index contributed by atoms with van der Waals surface area (Å²) in [6.45, 7) is 0.129. The fraction of sp³-hybridized carbons (Fsp3) is 0.875. The molecule has 2 unspecified atom stereocenters. The summed E-state index contributed by atoms with van der Waals surface area (Å²) in [6, 6.07) is 0. The number of ether oxygens (including phenoxy) is 1. The van der Waals surface area contributed by atoms with Gasteiger partial charge in [0.25, 0.3) is 18.1 Å².